The Hall–Kier alpha value is -3.64. The fourth-order valence-electron chi connectivity index (χ4n) is 3.34. The number of aliphatic hydroxyl groups is 1. The number of fused-ring (bicyclic) bond motifs is 1. The van der Waals surface area contributed by atoms with Gasteiger partial charge in [0.05, 0.1) is 18.0 Å². The molecule has 2 aromatic carbocycles. The minimum atomic E-state index is -0.699. The molecule has 0 fully saturated rings. The molecule has 0 bridgehead atoms. The van der Waals surface area contributed by atoms with Gasteiger partial charge in [0, 0.05) is 22.2 Å². The summed E-state index contributed by atoms with van der Waals surface area (Å²) in [5.41, 5.74) is 2.03. The van der Waals surface area contributed by atoms with E-state index in [9.17, 15) is 15.0 Å². The van der Waals surface area contributed by atoms with E-state index in [1.54, 1.807) is 29.6 Å². The van der Waals surface area contributed by atoms with Crippen LogP contribution in [0.25, 0.3) is 21.9 Å². The van der Waals surface area contributed by atoms with E-state index < -0.39 is 12.1 Å². The van der Waals surface area contributed by atoms with E-state index in [1.807, 2.05) is 18.2 Å². The van der Waals surface area contributed by atoms with Crippen LogP contribution in [0, 0.1) is 12.3 Å². The van der Waals surface area contributed by atoms with Crippen LogP contribution in [-0.4, -0.2) is 32.8 Å². The number of urea groups is 1. The molecule has 0 aliphatic heterocycles. The van der Waals surface area contributed by atoms with E-state index in [0.717, 1.165) is 10.9 Å². The van der Waals surface area contributed by atoms with Gasteiger partial charge in [-0.05, 0) is 34.6 Å². The zero-order chi connectivity index (χ0) is 22.7. The number of rotatable bonds is 5. The van der Waals surface area contributed by atoms with Gasteiger partial charge in [0.1, 0.15) is 5.82 Å². The van der Waals surface area contributed by atoms with Gasteiger partial charge in [0.25, 0.3) is 0 Å². The summed E-state index contributed by atoms with van der Waals surface area (Å²) in [6, 6.07) is 11.4. The average Bonchev–Trinajstić information content (AvgIpc) is 3.24. The highest BCUT2D eigenvalue weighted by atomic mass is 35.5. The van der Waals surface area contributed by atoms with Gasteiger partial charge in [-0.25, -0.2) is 14.8 Å². The van der Waals surface area contributed by atoms with Crippen LogP contribution in [0.2, 0.25) is 5.02 Å². The Labute approximate surface area is 192 Å². The third-order valence-corrected chi connectivity index (χ3v) is 5.90. The standard InChI is InChI=1S/C23H17ClN4O3S/c1-2-20-27-19(12-32-20)28-23(31)26-18(11-29)14-6-7-15(17(24)10-14)16-5-3-4-13-8-9-25-22(30)21(13)16/h1,3-10,12,18,29H,11H2,(H,25,30)(H2,26,28,31)/t18-/m0/s1. The summed E-state index contributed by atoms with van der Waals surface area (Å²) in [6.07, 6.45) is 6.82. The van der Waals surface area contributed by atoms with Gasteiger partial charge in [-0.15, -0.1) is 17.8 Å². The van der Waals surface area contributed by atoms with Crippen LogP contribution in [0.15, 0.2) is 54.0 Å². The Morgan fingerprint density at radius 2 is 2.09 bits per heavy atom. The lowest BCUT2D eigenvalue weighted by atomic mass is 9.97. The maximum Gasteiger partial charge on any atom is 0.320 e. The van der Waals surface area contributed by atoms with Gasteiger partial charge in [0.2, 0.25) is 5.88 Å². The van der Waals surface area contributed by atoms with Crippen molar-refractivity contribution < 1.29 is 15.0 Å². The van der Waals surface area contributed by atoms with Crippen LogP contribution >= 0.6 is 22.9 Å². The van der Waals surface area contributed by atoms with Crippen LogP contribution in [0.5, 0.6) is 5.88 Å². The number of nitrogens with zero attached hydrogens (tertiary/aromatic N) is 2. The van der Waals surface area contributed by atoms with Crippen molar-refractivity contribution in [1.82, 2.24) is 15.3 Å². The van der Waals surface area contributed by atoms with Gasteiger partial charge in [-0.1, -0.05) is 41.9 Å². The molecule has 160 valence electrons. The molecular weight excluding hydrogens is 448 g/mol. The molecular formula is C23H17ClN4O3S. The van der Waals surface area contributed by atoms with E-state index in [-0.39, 0.29) is 12.5 Å². The number of aliphatic hydroxyl groups excluding tert-OH is 1. The molecule has 0 aliphatic rings. The molecule has 7 nitrogen and oxygen atoms in total. The van der Waals surface area contributed by atoms with Crippen molar-refractivity contribution in [3.8, 4) is 29.4 Å². The maximum absolute atomic E-state index is 12.3. The summed E-state index contributed by atoms with van der Waals surface area (Å²) < 4.78 is 0. The number of thiazole rings is 1. The minimum absolute atomic E-state index is 0.0835. The second kappa shape index (κ2) is 9.24. The van der Waals surface area contributed by atoms with Crippen LogP contribution in [0.1, 0.15) is 16.6 Å². The van der Waals surface area contributed by atoms with Crippen molar-refractivity contribution in [2.45, 2.75) is 6.04 Å². The number of hydrogen-bond acceptors (Lipinski definition) is 6. The number of halogens is 1. The number of carbonyl (C=O) groups excluding carboxylic acids is 1. The first kappa shape index (κ1) is 21.6. The average molecular weight is 465 g/mol. The lowest BCUT2D eigenvalue weighted by molar-refractivity contribution is 0.225. The molecule has 0 saturated carbocycles. The number of aromatic hydroxyl groups is 1. The minimum Gasteiger partial charge on any atom is -0.493 e. The molecule has 0 spiro atoms. The van der Waals surface area contributed by atoms with Gasteiger partial charge in [0.15, 0.2) is 5.01 Å². The topological polar surface area (TPSA) is 107 Å². The molecule has 32 heavy (non-hydrogen) atoms. The number of nitrogens with one attached hydrogen (secondary N) is 2. The molecule has 0 aliphatic carbocycles. The highest BCUT2D eigenvalue weighted by Gasteiger charge is 2.18. The largest absolute Gasteiger partial charge is 0.493 e. The second-order valence-corrected chi connectivity index (χ2v) is 8.06. The van der Waals surface area contributed by atoms with Crippen molar-refractivity contribution in [3.05, 3.63) is 69.6 Å². The van der Waals surface area contributed by atoms with E-state index in [1.165, 1.54) is 17.5 Å². The molecule has 4 N–H and O–H groups in total. The Balaban J connectivity index is 1.58. The first-order chi connectivity index (χ1) is 15.5. The Bertz CT molecular complexity index is 1340. The van der Waals surface area contributed by atoms with Gasteiger partial charge in [-0.3, -0.25) is 5.32 Å². The van der Waals surface area contributed by atoms with Crippen molar-refractivity contribution >= 4 is 45.6 Å². The molecule has 2 amide bonds. The van der Waals surface area contributed by atoms with Crippen LogP contribution in [0.3, 0.4) is 0 Å². The highest BCUT2D eigenvalue weighted by Crippen LogP contribution is 2.37. The molecule has 4 rings (SSSR count). The number of aromatic nitrogens is 2. The quantitative estimate of drug-likeness (QED) is 0.324. The smallest absolute Gasteiger partial charge is 0.320 e. The second-order valence-electron chi connectivity index (χ2n) is 6.79. The molecule has 2 aromatic heterocycles. The van der Waals surface area contributed by atoms with Crippen molar-refractivity contribution in [3.63, 3.8) is 0 Å². The molecule has 9 heteroatoms. The number of terminal acetylenes is 1. The van der Waals surface area contributed by atoms with Crippen molar-refractivity contribution in [1.29, 1.82) is 0 Å². The predicted octanol–water partition coefficient (Wildman–Crippen LogP) is 4.55. The summed E-state index contributed by atoms with van der Waals surface area (Å²) in [5, 5.41) is 29.3. The normalized spacial score (nSPS) is 11.7. The lowest BCUT2D eigenvalue weighted by Gasteiger charge is -2.18. The molecule has 0 saturated heterocycles. The number of pyridine rings is 1. The number of amides is 2. The third kappa shape index (κ3) is 4.36. The highest BCUT2D eigenvalue weighted by molar-refractivity contribution is 7.10. The first-order valence-electron chi connectivity index (χ1n) is 9.47. The monoisotopic (exact) mass is 464 g/mol. The Kier molecular flexibility index (Phi) is 6.23. The van der Waals surface area contributed by atoms with Crippen LogP contribution in [0.4, 0.5) is 10.6 Å². The number of benzene rings is 2. The van der Waals surface area contributed by atoms with Gasteiger partial charge in [-0.2, -0.15) is 0 Å². The fraction of sp³-hybridized carbons (Fsp3) is 0.0870. The summed E-state index contributed by atoms with van der Waals surface area (Å²) >= 11 is 7.80. The van der Waals surface area contributed by atoms with E-state index in [0.29, 0.717) is 32.4 Å². The maximum atomic E-state index is 12.3. The van der Waals surface area contributed by atoms with Crippen molar-refractivity contribution in [2.75, 3.05) is 11.9 Å². The number of carbonyl (C=O) groups is 1. The predicted molar refractivity (Wildman–Crippen MR) is 126 cm³/mol. The van der Waals surface area contributed by atoms with E-state index in [2.05, 4.69) is 26.5 Å². The first-order valence-corrected chi connectivity index (χ1v) is 10.7. The van der Waals surface area contributed by atoms with Crippen molar-refractivity contribution in [2.24, 2.45) is 0 Å². The summed E-state index contributed by atoms with van der Waals surface area (Å²) in [7, 11) is 0. The molecule has 2 heterocycles. The van der Waals surface area contributed by atoms with Gasteiger partial charge < -0.3 is 15.5 Å². The summed E-state index contributed by atoms with van der Waals surface area (Å²) in [5.74, 6) is 2.64. The fourth-order valence-corrected chi connectivity index (χ4v) is 4.19. The number of anilines is 1. The molecule has 0 unspecified atom stereocenters. The Morgan fingerprint density at radius 1 is 1.25 bits per heavy atom. The zero-order valence-electron chi connectivity index (χ0n) is 16.5. The van der Waals surface area contributed by atoms with Gasteiger partial charge >= 0.3 is 6.03 Å². The molecule has 1 atom stereocenters. The third-order valence-electron chi connectivity index (χ3n) is 4.81. The van der Waals surface area contributed by atoms with E-state index >= 15 is 0 Å². The molecule has 4 aromatic rings. The van der Waals surface area contributed by atoms with E-state index in [4.69, 9.17) is 18.0 Å². The number of hydrogen-bond donors (Lipinski definition) is 4. The zero-order valence-corrected chi connectivity index (χ0v) is 18.1. The van der Waals surface area contributed by atoms with Crippen LogP contribution < -0.4 is 10.6 Å². The lowest BCUT2D eigenvalue weighted by Crippen LogP contribution is -2.34. The summed E-state index contributed by atoms with van der Waals surface area (Å²) in [4.78, 5) is 20.4. The Morgan fingerprint density at radius 3 is 2.81 bits per heavy atom. The summed E-state index contributed by atoms with van der Waals surface area (Å²) in [6.45, 7) is -0.339. The SMILES string of the molecule is C#Cc1nc(NC(=O)N[C@@H](CO)c2ccc(-c3cccc4ccnc(O)c34)c(Cl)c2)cs1. The van der Waals surface area contributed by atoms with Crippen LogP contribution in [-0.2, 0) is 0 Å². The molecule has 0 radical (unpaired) electrons.